The summed E-state index contributed by atoms with van der Waals surface area (Å²) in [6.07, 6.45) is 6.05. The molecular weight excluding hydrogens is 368 g/mol. The van der Waals surface area contributed by atoms with Gasteiger partial charge in [-0.1, -0.05) is 124 Å². The molecule has 0 amide bonds. The van der Waals surface area contributed by atoms with Crippen molar-refractivity contribution in [1.82, 2.24) is 0 Å². The second-order valence-corrected chi connectivity index (χ2v) is 8.20. The molecular formula is C28H32O2. The fraction of sp³-hybridized carbons (Fsp3) is 0.321. The van der Waals surface area contributed by atoms with E-state index in [2.05, 4.69) is 91.0 Å². The van der Waals surface area contributed by atoms with Gasteiger partial charge in [0.15, 0.2) is 0 Å². The number of carboxylic acid groups (broad SMARTS) is 1. The Hall–Kier alpha value is -2.87. The smallest absolute Gasteiger partial charge is 0.306 e. The average molecular weight is 401 g/mol. The van der Waals surface area contributed by atoms with Gasteiger partial charge in [0.1, 0.15) is 0 Å². The molecule has 3 aromatic rings. The summed E-state index contributed by atoms with van der Waals surface area (Å²) in [6.45, 7) is 1.80. The molecule has 0 aliphatic carbocycles. The summed E-state index contributed by atoms with van der Waals surface area (Å²) in [4.78, 5) is 11.0. The molecule has 0 radical (unpaired) electrons. The summed E-state index contributed by atoms with van der Waals surface area (Å²) in [6, 6.07) is 32.5. The van der Waals surface area contributed by atoms with E-state index < -0.39 is 5.97 Å². The van der Waals surface area contributed by atoms with E-state index in [-0.39, 0.29) is 11.3 Å². The van der Waals surface area contributed by atoms with E-state index in [0.29, 0.717) is 0 Å². The van der Waals surface area contributed by atoms with Crippen molar-refractivity contribution < 1.29 is 9.90 Å². The standard InChI is InChI=1S/C28H32O2/c1-23(27(29)30)15-7-2-3-14-22-28(24-16-8-4-9-17-24,25-18-10-5-11-19-25)26-20-12-6-13-21-26/h4-6,8-13,16-21,23H,2-3,7,14-15,22H2,1H3,(H,29,30). The molecule has 156 valence electrons. The Bertz CT molecular complexity index is 791. The summed E-state index contributed by atoms with van der Waals surface area (Å²) < 4.78 is 0. The molecule has 1 N–H and O–H groups in total. The minimum Gasteiger partial charge on any atom is -0.481 e. The van der Waals surface area contributed by atoms with Crippen LogP contribution in [-0.2, 0) is 10.2 Å². The number of benzene rings is 3. The Kier molecular flexibility index (Phi) is 7.84. The number of hydrogen-bond acceptors (Lipinski definition) is 1. The van der Waals surface area contributed by atoms with Crippen LogP contribution in [0.5, 0.6) is 0 Å². The first-order valence-electron chi connectivity index (χ1n) is 11.0. The number of carboxylic acids is 1. The number of aliphatic carboxylic acids is 1. The van der Waals surface area contributed by atoms with E-state index in [1.165, 1.54) is 16.7 Å². The van der Waals surface area contributed by atoms with E-state index in [1.807, 2.05) is 0 Å². The molecule has 1 unspecified atom stereocenters. The van der Waals surface area contributed by atoms with Crippen molar-refractivity contribution in [3.05, 3.63) is 108 Å². The lowest BCUT2D eigenvalue weighted by molar-refractivity contribution is -0.141. The lowest BCUT2D eigenvalue weighted by Crippen LogP contribution is -2.29. The van der Waals surface area contributed by atoms with E-state index in [1.54, 1.807) is 6.92 Å². The molecule has 30 heavy (non-hydrogen) atoms. The van der Waals surface area contributed by atoms with Crippen LogP contribution in [0.2, 0.25) is 0 Å². The summed E-state index contributed by atoms with van der Waals surface area (Å²) in [5, 5.41) is 9.07. The zero-order valence-electron chi connectivity index (χ0n) is 17.8. The van der Waals surface area contributed by atoms with Crippen molar-refractivity contribution in [3.63, 3.8) is 0 Å². The summed E-state index contributed by atoms with van der Waals surface area (Å²) in [7, 11) is 0. The van der Waals surface area contributed by atoms with Gasteiger partial charge in [-0.25, -0.2) is 0 Å². The van der Waals surface area contributed by atoms with Gasteiger partial charge in [-0.3, -0.25) is 4.79 Å². The average Bonchev–Trinajstić information content (AvgIpc) is 2.80. The predicted octanol–water partition coefficient (Wildman–Crippen LogP) is 7.08. The van der Waals surface area contributed by atoms with Crippen LogP contribution in [0.25, 0.3) is 0 Å². The SMILES string of the molecule is CC(CCCCCCC(c1ccccc1)(c1ccccc1)c1ccccc1)C(=O)O. The van der Waals surface area contributed by atoms with Crippen LogP contribution in [0.3, 0.4) is 0 Å². The molecule has 3 aromatic carbocycles. The van der Waals surface area contributed by atoms with Gasteiger partial charge in [0.05, 0.1) is 5.92 Å². The number of rotatable bonds is 11. The van der Waals surface area contributed by atoms with Crippen LogP contribution >= 0.6 is 0 Å². The second-order valence-electron chi connectivity index (χ2n) is 8.20. The maximum Gasteiger partial charge on any atom is 0.306 e. The summed E-state index contributed by atoms with van der Waals surface area (Å²) >= 11 is 0. The first kappa shape index (κ1) is 21.8. The first-order valence-corrected chi connectivity index (χ1v) is 11.0. The molecule has 0 aromatic heterocycles. The third kappa shape index (κ3) is 5.18. The van der Waals surface area contributed by atoms with Crippen molar-refractivity contribution in [2.24, 2.45) is 5.92 Å². The minimum atomic E-state index is -0.689. The van der Waals surface area contributed by atoms with Gasteiger partial charge in [-0.2, -0.15) is 0 Å². The van der Waals surface area contributed by atoms with E-state index >= 15 is 0 Å². The first-order chi connectivity index (χ1) is 14.6. The Labute approximate surface area is 180 Å². The van der Waals surface area contributed by atoms with Gasteiger partial charge in [-0.15, -0.1) is 0 Å². The Morgan fingerprint density at radius 1 is 0.700 bits per heavy atom. The number of hydrogen-bond donors (Lipinski definition) is 1. The molecule has 0 saturated heterocycles. The van der Waals surface area contributed by atoms with Gasteiger partial charge >= 0.3 is 5.97 Å². The highest BCUT2D eigenvalue weighted by Crippen LogP contribution is 2.43. The molecule has 1 atom stereocenters. The van der Waals surface area contributed by atoms with Crippen LogP contribution in [0.4, 0.5) is 0 Å². The Morgan fingerprint density at radius 2 is 1.10 bits per heavy atom. The van der Waals surface area contributed by atoms with Gasteiger partial charge in [0, 0.05) is 5.41 Å². The van der Waals surface area contributed by atoms with Gasteiger partial charge in [0.2, 0.25) is 0 Å². The second kappa shape index (κ2) is 10.8. The number of carbonyl (C=O) groups is 1. The third-order valence-corrected chi connectivity index (χ3v) is 6.16. The minimum absolute atomic E-state index is 0.182. The summed E-state index contributed by atoms with van der Waals surface area (Å²) in [5.74, 6) is -0.937. The van der Waals surface area contributed by atoms with E-state index in [4.69, 9.17) is 5.11 Å². The molecule has 0 heterocycles. The monoisotopic (exact) mass is 400 g/mol. The van der Waals surface area contributed by atoms with Crippen LogP contribution in [0, 0.1) is 5.92 Å². The van der Waals surface area contributed by atoms with Gasteiger partial charge < -0.3 is 5.11 Å². The van der Waals surface area contributed by atoms with Crippen molar-refractivity contribution in [1.29, 1.82) is 0 Å². The summed E-state index contributed by atoms with van der Waals surface area (Å²) in [5.41, 5.74) is 3.78. The zero-order valence-corrected chi connectivity index (χ0v) is 17.8. The van der Waals surface area contributed by atoms with Crippen molar-refractivity contribution >= 4 is 5.97 Å². The molecule has 0 saturated carbocycles. The maximum absolute atomic E-state index is 11.0. The largest absolute Gasteiger partial charge is 0.481 e. The van der Waals surface area contributed by atoms with E-state index in [0.717, 1.165) is 38.5 Å². The van der Waals surface area contributed by atoms with E-state index in [9.17, 15) is 4.79 Å². The van der Waals surface area contributed by atoms with Crippen LogP contribution in [-0.4, -0.2) is 11.1 Å². The van der Waals surface area contributed by atoms with Crippen molar-refractivity contribution in [2.45, 2.75) is 50.9 Å². The molecule has 0 aliphatic heterocycles. The third-order valence-electron chi connectivity index (χ3n) is 6.16. The molecule has 3 rings (SSSR count). The Morgan fingerprint density at radius 3 is 1.50 bits per heavy atom. The Balaban J connectivity index is 1.84. The lowest BCUT2D eigenvalue weighted by Gasteiger charge is -2.36. The van der Waals surface area contributed by atoms with Crippen molar-refractivity contribution in [3.8, 4) is 0 Å². The fourth-order valence-corrected chi connectivity index (χ4v) is 4.42. The van der Waals surface area contributed by atoms with Crippen LogP contribution in [0.15, 0.2) is 91.0 Å². The van der Waals surface area contributed by atoms with Crippen LogP contribution in [0.1, 0.15) is 62.1 Å². The highest BCUT2D eigenvalue weighted by molar-refractivity contribution is 5.69. The van der Waals surface area contributed by atoms with Gasteiger partial charge in [-0.05, 0) is 29.5 Å². The molecule has 0 bridgehead atoms. The normalized spacial score (nSPS) is 12.4. The fourth-order valence-electron chi connectivity index (χ4n) is 4.42. The highest BCUT2D eigenvalue weighted by atomic mass is 16.4. The molecule has 0 aliphatic rings. The maximum atomic E-state index is 11.0. The molecule has 0 fully saturated rings. The molecule has 2 nitrogen and oxygen atoms in total. The zero-order chi connectivity index (χ0) is 21.2. The number of unbranched alkanes of at least 4 members (excludes halogenated alkanes) is 3. The quantitative estimate of drug-likeness (QED) is 0.276. The topological polar surface area (TPSA) is 37.3 Å². The highest BCUT2D eigenvalue weighted by Gasteiger charge is 2.35. The van der Waals surface area contributed by atoms with Crippen LogP contribution < -0.4 is 0 Å². The van der Waals surface area contributed by atoms with Gasteiger partial charge in [0.25, 0.3) is 0 Å². The predicted molar refractivity (Wildman–Crippen MR) is 124 cm³/mol. The lowest BCUT2D eigenvalue weighted by atomic mass is 9.66. The molecule has 0 spiro atoms. The van der Waals surface area contributed by atoms with Crippen molar-refractivity contribution in [2.75, 3.05) is 0 Å². The molecule has 2 heteroatoms.